The zero-order valence-electron chi connectivity index (χ0n) is 10.7. The first-order valence-electron chi connectivity index (χ1n) is 5.62. The van der Waals surface area contributed by atoms with Gasteiger partial charge in [0.2, 0.25) is 0 Å². The molecule has 0 fully saturated rings. The van der Waals surface area contributed by atoms with Gasteiger partial charge in [-0.1, -0.05) is 20.8 Å². The zero-order chi connectivity index (χ0) is 13.1. The van der Waals surface area contributed by atoms with E-state index in [1.807, 2.05) is 31.2 Å². The van der Waals surface area contributed by atoms with Crippen molar-refractivity contribution in [3.63, 3.8) is 0 Å². The minimum atomic E-state index is -0.159. The molecule has 0 radical (unpaired) electrons. The van der Waals surface area contributed by atoms with Gasteiger partial charge in [-0.25, -0.2) is 4.79 Å². The minimum Gasteiger partial charge on any atom is -0.335 e. The number of carbonyl (C=O) groups is 1. The summed E-state index contributed by atoms with van der Waals surface area (Å²) in [7, 11) is 0. The van der Waals surface area contributed by atoms with Crippen LogP contribution in [-0.4, -0.2) is 12.1 Å². The molecular weight excluding hydrogens is 327 g/mol. The number of nitrogens with one attached hydrogen (secondary N) is 2. The number of hydrogen-bond acceptors (Lipinski definition) is 1. The summed E-state index contributed by atoms with van der Waals surface area (Å²) in [5.74, 6) is 0. The van der Waals surface area contributed by atoms with Crippen molar-refractivity contribution in [1.82, 2.24) is 5.32 Å². The van der Waals surface area contributed by atoms with Crippen LogP contribution in [0.5, 0.6) is 0 Å². The van der Waals surface area contributed by atoms with Gasteiger partial charge < -0.3 is 10.6 Å². The number of benzene rings is 1. The molecule has 17 heavy (non-hydrogen) atoms. The Bertz CT molecular complexity index is 381. The molecule has 94 valence electrons. The molecule has 0 aliphatic rings. The summed E-state index contributed by atoms with van der Waals surface area (Å²) in [6.07, 6.45) is 0. The van der Waals surface area contributed by atoms with Crippen molar-refractivity contribution >= 4 is 34.3 Å². The monoisotopic (exact) mass is 346 g/mol. The second-order valence-electron chi connectivity index (χ2n) is 5.19. The van der Waals surface area contributed by atoms with E-state index in [0.29, 0.717) is 0 Å². The Kier molecular flexibility index (Phi) is 4.80. The fourth-order valence-electron chi connectivity index (χ4n) is 1.11. The Labute approximate surface area is 117 Å². The molecule has 2 amide bonds. The smallest absolute Gasteiger partial charge is 0.319 e. The SMILES string of the molecule is CC(NC(=O)Nc1ccc(I)cc1)C(C)(C)C. The lowest BCUT2D eigenvalue weighted by Crippen LogP contribution is -2.43. The van der Waals surface area contributed by atoms with E-state index in [-0.39, 0.29) is 17.5 Å². The molecule has 2 N–H and O–H groups in total. The molecule has 1 unspecified atom stereocenters. The highest BCUT2D eigenvalue weighted by molar-refractivity contribution is 14.1. The number of hydrogen-bond donors (Lipinski definition) is 2. The summed E-state index contributed by atoms with van der Waals surface area (Å²) in [5, 5.41) is 5.75. The molecule has 1 aromatic rings. The number of urea groups is 1. The van der Waals surface area contributed by atoms with E-state index in [1.54, 1.807) is 0 Å². The van der Waals surface area contributed by atoms with Crippen LogP contribution in [-0.2, 0) is 0 Å². The van der Waals surface area contributed by atoms with Crippen molar-refractivity contribution < 1.29 is 4.79 Å². The van der Waals surface area contributed by atoms with Crippen molar-refractivity contribution in [1.29, 1.82) is 0 Å². The Morgan fingerprint density at radius 1 is 1.24 bits per heavy atom. The van der Waals surface area contributed by atoms with Gasteiger partial charge in [-0.3, -0.25) is 0 Å². The number of anilines is 1. The summed E-state index contributed by atoms with van der Waals surface area (Å²) < 4.78 is 1.15. The normalized spacial score (nSPS) is 13.0. The van der Waals surface area contributed by atoms with Gasteiger partial charge in [-0.05, 0) is 59.2 Å². The van der Waals surface area contributed by atoms with Crippen molar-refractivity contribution in [2.45, 2.75) is 33.7 Å². The first-order chi connectivity index (χ1) is 7.79. The van der Waals surface area contributed by atoms with Crippen molar-refractivity contribution in [3.05, 3.63) is 27.8 Å². The van der Waals surface area contributed by atoms with E-state index in [2.05, 4.69) is 54.0 Å². The number of amides is 2. The molecule has 1 rings (SSSR count). The first-order valence-corrected chi connectivity index (χ1v) is 6.70. The largest absolute Gasteiger partial charge is 0.335 e. The third kappa shape index (κ3) is 4.93. The summed E-state index contributed by atoms with van der Waals surface area (Å²) in [5.41, 5.74) is 0.868. The standard InChI is InChI=1S/C13H19IN2O/c1-9(13(2,3)4)15-12(17)16-11-7-5-10(14)6-8-11/h5-9H,1-4H3,(H2,15,16,17). The lowest BCUT2D eigenvalue weighted by Gasteiger charge is -2.28. The Hall–Kier alpha value is -0.780. The van der Waals surface area contributed by atoms with Gasteiger partial charge in [0, 0.05) is 15.3 Å². The van der Waals surface area contributed by atoms with E-state index in [4.69, 9.17) is 0 Å². The summed E-state index contributed by atoms with van der Waals surface area (Å²) in [4.78, 5) is 11.7. The van der Waals surface area contributed by atoms with E-state index in [1.165, 1.54) is 0 Å². The van der Waals surface area contributed by atoms with Crippen LogP contribution in [0, 0.1) is 8.99 Å². The quantitative estimate of drug-likeness (QED) is 0.785. The highest BCUT2D eigenvalue weighted by Crippen LogP contribution is 2.18. The number of halogens is 1. The first kappa shape index (κ1) is 14.3. The summed E-state index contributed by atoms with van der Waals surface area (Å²) >= 11 is 2.23. The zero-order valence-corrected chi connectivity index (χ0v) is 12.8. The van der Waals surface area contributed by atoms with Crippen LogP contribution in [0.2, 0.25) is 0 Å². The Morgan fingerprint density at radius 3 is 2.24 bits per heavy atom. The third-order valence-corrected chi connectivity index (χ3v) is 3.47. The van der Waals surface area contributed by atoms with E-state index in [9.17, 15) is 4.79 Å². The van der Waals surface area contributed by atoms with Gasteiger partial charge in [-0.2, -0.15) is 0 Å². The Balaban J connectivity index is 2.53. The predicted molar refractivity (Wildman–Crippen MR) is 80.2 cm³/mol. The minimum absolute atomic E-state index is 0.0589. The highest BCUT2D eigenvalue weighted by atomic mass is 127. The predicted octanol–water partition coefficient (Wildman–Crippen LogP) is 3.85. The van der Waals surface area contributed by atoms with Gasteiger partial charge in [0.25, 0.3) is 0 Å². The van der Waals surface area contributed by atoms with E-state index < -0.39 is 0 Å². The van der Waals surface area contributed by atoms with E-state index >= 15 is 0 Å². The fraction of sp³-hybridized carbons (Fsp3) is 0.462. The van der Waals surface area contributed by atoms with Gasteiger partial charge in [0.05, 0.1) is 0 Å². The molecule has 0 heterocycles. The molecule has 0 aromatic heterocycles. The maximum absolute atomic E-state index is 11.7. The van der Waals surface area contributed by atoms with Gasteiger partial charge in [0.1, 0.15) is 0 Å². The van der Waals surface area contributed by atoms with Crippen molar-refractivity contribution in [2.75, 3.05) is 5.32 Å². The fourth-order valence-corrected chi connectivity index (χ4v) is 1.47. The third-order valence-electron chi connectivity index (χ3n) is 2.75. The molecule has 0 saturated heterocycles. The molecule has 0 spiro atoms. The number of rotatable bonds is 2. The Morgan fingerprint density at radius 2 is 1.76 bits per heavy atom. The molecule has 1 atom stereocenters. The second-order valence-corrected chi connectivity index (χ2v) is 6.44. The van der Waals surface area contributed by atoms with Crippen molar-refractivity contribution in [2.24, 2.45) is 5.41 Å². The topological polar surface area (TPSA) is 41.1 Å². The van der Waals surface area contributed by atoms with Crippen LogP contribution < -0.4 is 10.6 Å². The lowest BCUT2D eigenvalue weighted by molar-refractivity contribution is 0.233. The van der Waals surface area contributed by atoms with E-state index in [0.717, 1.165) is 9.26 Å². The van der Waals surface area contributed by atoms with Crippen LogP contribution >= 0.6 is 22.6 Å². The lowest BCUT2D eigenvalue weighted by atomic mass is 9.88. The molecule has 0 aliphatic carbocycles. The van der Waals surface area contributed by atoms with Crippen molar-refractivity contribution in [3.8, 4) is 0 Å². The maximum atomic E-state index is 11.7. The summed E-state index contributed by atoms with van der Waals surface area (Å²) in [6, 6.07) is 7.67. The average Bonchev–Trinajstić information content (AvgIpc) is 2.20. The highest BCUT2D eigenvalue weighted by Gasteiger charge is 2.21. The molecule has 0 aliphatic heterocycles. The molecule has 1 aromatic carbocycles. The second kappa shape index (κ2) is 5.71. The summed E-state index contributed by atoms with van der Waals surface area (Å²) in [6.45, 7) is 8.31. The molecule has 3 nitrogen and oxygen atoms in total. The van der Waals surface area contributed by atoms with Crippen LogP contribution in [0.3, 0.4) is 0 Å². The van der Waals surface area contributed by atoms with Crippen LogP contribution in [0.4, 0.5) is 10.5 Å². The van der Waals surface area contributed by atoms with Crippen LogP contribution in [0.25, 0.3) is 0 Å². The number of carbonyl (C=O) groups excluding carboxylic acids is 1. The van der Waals surface area contributed by atoms with Gasteiger partial charge >= 0.3 is 6.03 Å². The molecule has 0 bridgehead atoms. The molecule has 0 saturated carbocycles. The van der Waals surface area contributed by atoms with Gasteiger partial charge in [0.15, 0.2) is 0 Å². The van der Waals surface area contributed by atoms with Crippen LogP contribution in [0.1, 0.15) is 27.7 Å². The molecular formula is C13H19IN2O. The van der Waals surface area contributed by atoms with Gasteiger partial charge in [-0.15, -0.1) is 0 Å². The van der Waals surface area contributed by atoms with Crippen LogP contribution in [0.15, 0.2) is 24.3 Å². The average molecular weight is 346 g/mol. The maximum Gasteiger partial charge on any atom is 0.319 e. The molecule has 4 heteroatoms.